The monoisotopic (exact) mass is 290 g/mol. The summed E-state index contributed by atoms with van der Waals surface area (Å²) in [4.78, 5) is 22.5. The van der Waals surface area contributed by atoms with Crippen molar-refractivity contribution in [3.63, 3.8) is 0 Å². The van der Waals surface area contributed by atoms with Crippen LogP contribution in [0.25, 0.3) is 0 Å². The molecule has 1 atom stereocenters. The highest BCUT2D eigenvalue weighted by Crippen LogP contribution is 2.24. The summed E-state index contributed by atoms with van der Waals surface area (Å²) in [5.74, 6) is -0.211. The Morgan fingerprint density at radius 1 is 1.22 bits per heavy atom. The molecule has 0 aliphatic rings. The van der Waals surface area contributed by atoms with Gasteiger partial charge in [-0.25, -0.2) is 4.79 Å². The Morgan fingerprint density at radius 3 is 2.28 bits per heavy atom. The van der Waals surface area contributed by atoms with Gasteiger partial charge in [0.1, 0.15) is 5.75 Å². The van der Waals surface area contributed by atoms with E-state index in [-0.39, 0.29) is 0 Å². The van der Waals surface area contributed by atoms with E-state index in [1.54, 1.807) is 6.07 Å². The molecule has 0 saturated heterocycles. The fourth-order valence-corrected chi connectivity index (χ4v) is 1.64. The second-order valence-electron chi connectivity index (χ2n) is 3.43. The molecule has 7 heteroatoms. The van der Waals surface area contributed by atoms with Gasteiger partial charge in [0.15, 0.2) is 6.10 Å². The molecule has 0 heterocycles. The van der Waals surface area contributed by atoms with Crippen LogP contribution in [0.1, 0.15) is 6.92 Å². The SMILES string of the molecule is CNC(=O)NC(=O)[C@@H](C)Oc1cc(Cl)cc(Cl)c1. The van der Waals surface area contributed by atoms with Crippen molar-refractivity contribution in [2.75, 3.05) is 7.05 Å². The Bertz CT molecular complexity index is 445. The Labute approximate surface area is 114 Å². The number of benzene rings is 1. The molecule has 1 aromatic rings. The quantitative estimate of drug-likeness (QED) is 0.897. The third kappa shape index (κ3) is 4.43. The zero-order valence-corrected chi connectivity index (χ0v) is 11.3. The van der Waals surface area contributed by atoms with Gasteiger partial charge in [-0.1, -0.05) is 23.2 Å². The van der Waals surface area contributed by atoms with E-state index < -0.39 is 18.0 Å². The number of halogens is 2. The van der Waals surface area contributed by atoms with Gasteiger partial charge in [-0.15, -0.1) is 0 Å². The van der Waals surface area contributed by atoms with Crippen molar-refractivity contribution in [3.8, 4) is 5.75 Å². The van der Waals surface area contributed by atoms with Gasteiger partial charge < -0.3 is 10.1 Å². The summed E-state index contributed by atoms with van der Waals surface area (Å²) in [6.07, 6.45) is -0.850. The molecule has 3 amide bonds. The van der Waals surface area contributed by atoms with Crippen LogP contribution in [-0.2, 0) is 4.79 Å². The van der Waals surface area contributed by atoms with Gasteiger partial charge in [0.2, 0.25) is 0 Å². The van der Waals surface area contributed by atoms with Crippen molar-refractivity contribution in [1.29, 1.82) is 0 Å². The standard InChI is InChI=1S/C11H12Cl2N2O3/c1-6(10(16)15-11(17)14-2)18-9-4-7(12)3-8(13)5-9/h3-6H,1-2H3,(H2,14,15,16,17)/t6-/m1/s1. The third-order valence-electron chi connectivity index (χ3n) is 1.98. The van der Waals surface area contributed by atoms with Crippen LogP contribution in [0.15, 0.2) is 18.2 Å². The summed E-state index contributed by atoms with van der Waals surface area (Å²) in [6, 6.07) is 4.00. The van der Waals surface area contributed by atoms with E-state index >= 15 is 0 Å². The van der Waals surface area contributed by atoms with Gasteiger partial charge in [0.25, 0.3) is 5.91 Å². The summed E-state index contributed by atoms with van der Waals surface area (Å²) in [7, 11) is 1.41. The maximum Gasteiger partial charge on any atom is 0.321 e. The van der Waals surface area contributed by atoms with Crippen LogP contribution in [0.5, 0.6) is 5.75 Å². The fraction of sp³-hybridized carbons (Fsp3) is 0.273. The van der Waals surface area contributed by atoms with E-state index in [0.717, 1.165) is 0 Å². The molecule has 0 fully saturated rings. The molecule has 0 aliphatic heterocycles. The van der Waals surface area contributed by atoms with Crippen molar-refractivity contribution in [3.05, 3.63) is 28.2 Å². The molecule has 0 radical (unpaired) electrons. The second kappa shape index (κ2) is 6.47. The van der Waals surface area contributed by atoms with Crippen molar-refractivity contribution in [2.24, 2.45) is 0 Å². The highest BCUT2D eigenvalue weighted by molar-refractivity contribution is 6.34. The lowest BCUT2D eigenvalue weighted by Crippen LogP contribution is -2.43. The minimum Gasteiger partial charge on any atom is -0.481 e. The third-order valence-corrected chi connectivity index (χ3v) is 2.42. The van der Waals surface area contributed by atoms with Gasteiger partial charge in [-0.2, -0.15) is 0 Å². The molecule has 1 aromatic carbocycles. The highest BCUT2D eigenvalue weighted by Gasteiger charge is 2.17. The smallest absolute Gasteiger partial charge is 0.321 e. The van der Waals surface area contributed by atoms with Gasteiger partial charge in [0.05, 0.1) is 0 Å². The Balaban J connectivity index is 2.66. The van der Waals surface area contributed by atoms with Crippen LogP contribution < -0.4 is 15.4 Å². The first-order chi connectivity index (χ1) is 8.42. The zero-order chi connectivity index (χ0) is 13.7. The predicted octanol–water partition coefficient (Wildman–Crippen LogP) is 2.22. The van der Waals surface area contributed by atoms with E-state index in [0.29, 0.717) is 15.8 Å². The molecule has 0 bridgehead atoms. The van der Waals surface area contributed by atoms with Crippen molar-refractivity contribution >= 4 is 35.1 Å². The number of ether oxygens (including phenoxy) is 1. The average molecular weight is 291 g/mol. The highest BCUT2D eigenvalue weighted by atomic mass is 35.5. The van der Waals surface area contributed by atoms with Crippen molar-refractivity contribution in [2.45, 2.75) is 13.0 Å². The summed E-state index contributed by atoms with van der Waals surface area (Å²) < 4.78 is 5.32. The number of carbonyl (C=O) groups is 2. The minimum atomic E-state index is -0.850. The first-order valence-electron chi connectivity index (χ1n) is 5.07. The van der Waals surface area contributed by atoms with E-state index in [1.165, 1.54) is 26.1 Å². The van der Waals surface area contributed by atoms with Gasteiger partial charge >= 0.3 is 6.03 Å². The van der Waals surface area contributed by atoms with Crippen LogP contribution in [0.2, 0.25) is 10.0 Å². The maximum atomic E-state index is 11.5. The summed E-state index contributed by atoms with van der Waals surface area (Å²) in [6.45, 7) is 1.51. The summed E-state index contributed by atoms with van der Waals surface area (Å²) in [5.41, 5.74) is 0. The Kier molecular flexibility index (Phi) is 5.25. The van der Waals surface area contributed by atoms with E-state index in [9.17, 15) is 9.59 Å². The molecule has 1 rings (SSSR count). The topological polar surface area (TPSA) is 67.4 Å². The zero-order valence-electron chi connectivity index (χ0n) is 9.79. The molecule has 0 unspecified atom stereocenters. The van der Waals surface area contributed by atoms with E-state index in [2.05, 4.69) is 10.6 Å². The lowest BCUT2D eigenvalue weighted by atomic mass is 10.3. The van der Waals surface area contributed by atoms with Crippen LogP contribution in [0, 0.1) is 0 Å². The number of hydrogen-bond donors (Lipinski definition) is 2. The Hall–Kier alpha value is -1.46. The van der Waals surface area contributed by atoms with Gasteiger partial charge in [-0.3, -0.25) is 10.1 Å². The Morgan fingerprint density at radius 2 is 1.78 bits per heavy atom. The van der Waals surface area contributed by atoms with E-state index in [4.69, 9.17) is 27.9 Å². The summed E-state index contributed by atoms with van der Waals surface area (Å²) >= 11 is 11.6. The molecule has 18 heavy (non-hydrogen) atoms. The second-order valence-corrected chi connectivity index (χ2v) is 4.31. The summed E-state index contributed by atoms with van der Waals surface area (Å²) in [5, 5.41) is 5.16. The van der Waals surface area contributed by atoms with Crippen LogP contribution in [0.4, 0.5) is 4.79 Å². The normalized spacial score (nSPS) is 11.6. The predicted molar refractivity (Wildman–Crippen MR) is 69.2 cm³/mol. The van der Waals surface area contributed by atoms with Crippen LogP contribution in [-0.4, -0.2) is 25.1 Å². The molecule has 0 saturated carbocycles. The molecular weight excluding hydrogens is 279 g/mol. The molecule has 0 spiro atoms. The fourth-order valence-electron chi connectivity index (χ4n) is 1.13. The number of carbonyl (C=O) groups excluding carboxylic acids is 2. The molecule has 2 N–H and O–H groups in total. The number of imide groups is 1. The number of rotatable bonds is 3. The first-order valence-corrected chi connectivity index (χ1v) is 5.83. The minimum absolute atomic E-state index is 0.354. The molecule has 0 aromatic heterocycles. The number of amides is 3. The van der Waals surface area contributed by atoms with Gasteiger partial charge in [-0.05, 0) is 25.1 Å². The van der Waals surface area contributed by atoms with Crippen LogP contribution in [0.3, 0.4) is 0 Å². The molecule has 5 nitrogen and oxygen atoms in total. The molecule has 0 aliphatic carbocycles. The lowest BCUT2D eigenvalue weighted by molar-refractivity contribution is -0.126. The lowest BCUT2D eigenvalue weighted by Gasteiger charge is -2.14. The van der Waals surface area contributed by atoms with Gasteiger partial charge in [0, 0.05) is 17.1 Å². The average Bonchev–Trinajstić information content (AvgIpc) is 2.27. The van der Waals surface area contributed by atoms with E-state index in [1.807, 2.05) is 0 Å². The van der Waals surface area contributed by atoms with Crippen LogP contribution >= 0.6 is 23.2 Å². The number of urea groups is 1. The number of nitrogens with one attached hydrogen (secondary N) is 2. The first kappa shape index (κ1) is 14.6. The van der Waals surface area contributed by atoms with Crippen molar-refractivity contribution < 1.29 is 14.3 Å². The maximum absolute atomic E-state index is 11.5. The van der Waals surface area contributed by atoms with Crippen molar-refractivity contribution in [1.82, 2.24) is 10.6 Å². The molecule has 98 valence electrons. The molecular formula is C11H12Cl2N2O3. The largest absolute Gasteiger partial charge is 0.481 e. The number of hydrogen-bond acceptors (Lipinski definition) is 3.